The van der Waals surface area contributed by atoms with E-state index in [0.29, 0.717) is 18.7 Å². The molecule has 2 atom stereocenters. The molecule has 0 saturated heterocycles. The first kappa shape index (κ1) is 14.5. The summed E-state index contributed by atoms with van der Waals surface area (Å²) in [4.78, 5) is 21.1. The maximum absolute atomic E-state index is 11.7. The van der Waals surface area contributed by atoms with E-state index in [1.165, 1.54) is 12.2 Å². The molecule has 0 unspecified atom stereocenters. The first-order valence-corrected chi connectivity index (χ1v) is 6.72. The van der Waals surface area contributed by atoms with Gasteiger partial charge in [0.15, 0.2) is 0 Å². The zero-order valence-corrected chi connectivity index (χ0v) is 12.1. The second-order valence-corrected chi connectivity index (χ2v) is 4.81. The molecule has 1 heterocycles. The second-order valence-electron chi connectivity index (χ2n) is 4.81. The van der Waals surface area contributed by atoms with Gasteiger partial charge in [0.05, 0.1) is 13.2 Å². The van der Waals surface area contributed by atoms with Gasteiger partial charge in [-0.2, -0.15) is 0 Å². The van der Waals surface area contributed by atoms with Crippen LogP contribution in [0.1, 0.15) is 25.3 Å². The lowest BCUT2D eigenvalue weighted by molar-refractivity contribution is -0.169. The Hall–Kier alpha value is -1.88. The normalized spacial score (nSPS) is 21.2. The van der Waals surface area contributed by atoms with Gasteiger partial charge in [0.2, 0.25) is 11.8 Å². The number of nitrogens with zero attached hydrogens (tertiary/aromatic N) is 2. The Morgan fingerprint density at radius 2 is 2.10 bits per heavy atom. The first-order valence-electron chi connectivity index (χ1n) is 6.72. The Morgan fingerprint density at radius 1 is 1.40 bits per heavy atom. The predicted molar refractivity (Wildman–Crippen MR) is 76.3 cm³/mol. The van der Waals surface area contributed by atoms with Crippen LogP contribution in [0.4, 0.5) is 0 Å². The molecule has 0 radical (unpaired) electrons. The molecular weight excluding hydrogens is 256 g/mol. The second kappa shape index (κ2) is 6.52. The largest absolute Gasteiger partial charge is 0.472 e. The van der Waals surface area contributed by atoms with Gasteiger partial charge in [-0.1, -0.05) is 18.2 Å². The Bertz CT molecular complexity index is 487. The zero-order valence-electron chi connectivity index (χ0n) is 12.1. The summed E-state index contributed by atoms with van der Waals surface area (Å²) in [7, 11) is 3.08. The van der Waals surface area contributed by atoms with E-state index in [4.69, 9.17) is 9.57 Å². The fraction of sp³-hybridized carbons (Fsp3) is 0.467. The summed E-state index contributed by atoms with van der Waals surface area (Å²) in [6, 6.07) is 9.87. The lowest BCUT2D eigenvalue weighted by Crippen LogP contribution is -2.28. The Kier molecular flexibility index (Phi) is 4.74. The molecule has 0 fully saturated rings. The van der Waals surface area contributed by atoms with Gasteiger partial charge in [-0.25, -0.2) is 10.1 Å². The van der Waals surface area contributed by atoms with E-state index in [-0.39, 0.29) is 18.1 Å². The summed E-state index contributed by atoms with van der Waals surface area (Å²) in [6.07, 6.45) is 0.962. The van der Waals surface area contributed by atoms with Crippen molar-refractivity contribution in [2.24, 2.45) is 4.99 Å². The molecule has 2 rings (SSSR count). The summed E-state index contributed by atoms with van der Waals surface area (Å²) in [6.45, 7) is 2.01. The van der Waals surface area contributed by atoms with E-state index in [1.807, 2.05) is 37.3 Å². The number of benzene rings is 1. The third kappa shape index (κ3) is 3.36. The highest BCUT2D eigenvalue weighted by Gasteiger charge is 2.28. The molecule has 0 aromatic heterocycles. The molecule has 108 valence electrons. The summed E-state index contributed by atoms with van der Waals surface area (Å²) in [5.74, 6) is 0.604. The van der Waals surface area contributed by atoms with Crippen molar-refractivity contribution >= 4 is 11.8 Å². The van der Waals surface area contributed by atoms with Gasteiger partial charge < -0.3 is 4.74 Å². The van der Waals surface area contributed by atoms with Gasteiger partial charge in [0.1, 0.15) is 6.10 Å². The van der Waals surface area contributed by atoms with Crippen molar-refractivity contribution in [1.82, 2.24) is 5.06 Å². The van der Waals surface area contributed by atoms with Crippen molar-refractivity contribution in [3.05, 3.63) is 35.9 Å². The standard InChI is InChI=1S/C15H20N2O3/c1-11-13(9-10-14(18)17(2)19-3)20-15(16-11)12-7-5-4-6-8-12/h4-8,11,13H,9-10H2,1-3H3/t11-,13-/m0/s1. The SMILES string of the molecule is CON(C)C(=O)CC[C@@H]1OC(c2ccccc2)=N[C@H]1C. The van der Waals surface area contributed by atoms with Gasteiger partial charge in [-0.15, -0.1) is 0 Å². The third-order valence-electron chi connectivity index (χ3n) is 3.41. The lowest BCUT2D eigenvalue weighted by Gasteiger charge is -2.17. The predicted octanol–water partition coefficient (Wildman–Crippen LogP) is 2.02. The van der Waals surface area contributed by atoms with Crippen molar-refractivity contribution < 1.29 is 14.4 Å². The highest BCUT2D eigenvalue weighted by Crippen LogP contribution is 2.21. The van der Waals surface area contributed by atoms with Gasteiger partial charge in [-0.05, 0) is 25.5 Å². The molecule has 1 amide bonds. The molecule has 1 aromatic rings. The van der Waals surface area contributed by atoms with Crippen LogP contribution in [0.2, 0.25) is 0 Å². The summed E-state index contributed by atoms with van der Waals surface area (Å²) >= 11 is 0. The average molecular weight is 276 g/mol. The van der Waals surface area contributed by atoms with Crippen LogP contribution in [0.25, 0.3) is 0 Å². The number of ether oxygens (including phenoxy) is 1. The monoisotopic (exact) mass is 276 g/mol. The number of carbonyl (C=O) groups is 1. The average Bonchev–Trinajstić information content (AvgIpc) is 2.86. The number of hydrogen-bond donors (Lipinski definition) is 0. The van der Waals surface area contributed by atoms with Crippen molar-refractivity contribution in [3.8, 4) is 0 Å². The molecule has 1 aliphatic rings. The molecule has 1 aliphatic heterocycles. The van der Waals surface area contributed by atoms with Crippen LogP contribution in [0, 0.1) is 0 Å². The third-order valence-corrected chi connectivity index (χ3v) is 3.41. The fourth-order valence-corrected chi connectivity index (χ4v) is 2.09. The number of amides is 1. The molecule has 5 heteroatoms. The van der Waals surface area contributed by atoms with Crippen LogP contribution >= 0.6 is 0 Å². The summed E-state index contributed by atoms with van der Waals surface area (Å²) < 4.78 is 5.86. The van der Waals surface area contributed by atoms with Crippen LogP contribution in [0.15, 0.2) is 35.3 Å². The minimum atomic E-state index is -0.0588. The summed E-state index contributed by atoms with van der Waals surface area (Å²) in [5.41, 5.74) is 0.974. The molecule has 1 aromatic carbocycles. The van der Waals surface area contributed by atoms with Crippen LogP contribution in [0.3, 0.4) is 0 Å². The molecule has 0 bridgehead atoms. The molecule has 0 saturated carbocycles. The number of rotatable bonds is 5. The van der Waals surface area contributed by atoms with Crippen LogP contribution in [-0.2, 0) is 14.4 Å². The minimum absolute atomic E-state index is 0.0561. The van der Waals surface area contributed by atoms with Crippen molar-refractivity contribution in [2.45, 2.75) is 31.9 Å². The highest BCUT2D eigenvalue weighted by atomic mass is 16.7. The smallest absolute Gasteiger partial charge is 0.245 e. The van der Waals surface area contributed by atoms with Gasteiger partial charge in [-0.3, -0.25) is 9.63 Å². The van der Waals surface area contributed by atoms with E-state index >= 15 is 0 Å². The Morgan fingerprint density at radius 3 is 2.75 bits per heavy atom. The Labute approximate surface area is 119 Å². The number of hydroxylamine groups is 2. The Balaban J connectivity index is 1.90. The maximum atomic E-state index is 11.7. The molecule has 0 spiro atoms. The summed E-state index contributed by atoms with van der Waals surface area (Å²) in [5, 5.41) is 1.23. The van der Waals surface area contributed by atoms with Gasteiger partial charge >= 0.3 is 0 Å². The van der Waals surface area contributed by atoms with Crippen molar-refractivity contribution in [1.29, 1.82) is 0 Å². The first-order chi connectivity index (χ1) is 9.61. The molecule has 20 heavy (non-hydrogen) atoms. The van der Waals surface area contributed by atoms with Crippen LogP contribution in [-0.4, -0.2) is 43.2 Å². The molecule has 0 N–H and O–H groups in total. The number of hydrogen-bond acceptors (Lipinski definition) is 4. The number of carbonyl (C=O) groups excluding carboxylic acids is 1. The fourth-order valence-electron chi connectivity index (χ4n) is 2.09. The molecule has 0 aliphatic carbocycles. The van der Waals surface area contributed by atoms with Crippen LogP contribution in [0.5, 0.6) is 0 Å². The number of aliphatic imine (C=N–C) groups is 1. The van der Waals surface area contributed by atoms with Crippen LogP contribution < -0.4 is 0 Å². The van der Waals surface area contributed by atoms with E-state index in [1.54, 1.807) is 7.05 Å². The quantitative estimate of drug-likeness (QED) is 0.773. The van der Waals surface area contributed by atoms with Gasteiger partial charge in [0, 0.05) is 19.0 Å². The molecular formula is C15H20N2O3. The van der Waals surface area contributed by atoms with E-state index in [0.717, 1.165) is 5.56 Å². The zero-order chi connectivity index (χ0) is 14.5. The van der Waals surface area contributed by atoms with E-state index < -0.39 is 0 Å². The van der Waals surface area contributed by atoms with E-state index in [9.17, 15) is 4.79 Å². The highest BCUT2D eigenvalue weighted by molar-refractivity contribution is 5.95. The molecule has 5 nitrogen and oxygen atoms in total. The van der Waals surface area contributed by atoms with Crippen molar-refractivity contribution in [3.63, 3.8) is 0 Å². The van der Waals surface area contributed by atoms with Crippen molar-refractivity contribution in [2.75, 3.05) is 14.2 Å². The minimum Gasteiger partial charge on any atom is -0.472 e. The topological polar surface area (TPSA) is 51.1 Å². The van der Waals surface area contributed by atoms with E-state index in [2.05, 4.69) is 4.99 Å². The van der Waals surface area contributed by atoms with Gasteiger partial charge in [0.25, 0.3) is 0 Å². The maximum Gasteiger partial charge on any atom is 0.245 e. The lowest BCUT2D eigenvalue weighted by atomic mass is 10.1.